The van der Waals surface area contributed by atoms with E-state index in [9.17, 15) is 10.1 Å². The first kappa shape index (κ1) is 14.3. The number of nitrogens with one attached hydrogen (secondary N) is 1. The summed E-state index contributed by atoms with van der Waals surface area (Å²) in [4.78, 5) is 14.8. The molecule has 1 amide bonds. The van der Waals surface area contributed by atoms with Gasteiger partial charge in [-0.2, -0.15) is 5.26 Å². The van der Waals surface area contributed by atoms with Crippen LogP contribution in [0.4, 0.5) is 5.69 Å². The lowest BCUT2D eigenvalue weighted by atomic mass is 9.85. The average molecular weight is 301 g/mol. The van der Waals surface area contributed by atoms with Gasteiger partial charge in [0.05, 0.1) is 11.3 Å². The van der Waals surface area contributed by atoms with E-state index in [-0.39, 0.29) is 5.91 Å². The summed E-state index contributed by atoms with van der Waals surface area (Å²) in [6.45, 7) is 1.82. The number of carbonyl (C=O) groups excluding carboxylic acids is 1. The number of piperidine rings is 2. The van der Waals surface area contributed by atoms with Crippen LogP contribution in [0.5, 0.6) is 0 Å². The third-order valence-electron chi connectivity index (χ3n) is 4.50. The molecule has 0 spiro atoms. The smallest absolute Gasteiger partial charge is 0.220 e. The fourth-order valence-corrected chi connectivity index (χ4v) is 3.96. The molecule has 0 bridgehead atoms. The molecule has 0 aliphatic carbocycles. The fraction of sp³-hybridized carbons (Fsp3) is 0.500. The van der Waals surface area contributed by atoms with Gasteiger partial charge in [0.2, 0.25) is 5.91 Å². The Morgan fingerprint density at radius 3 is 3.05 bits per heavy atom. The number of hydrogen-bond donors (Lipinski definition) is 1. The number of nitrogens with zero attached hydrogens (tertiary/aromatic N) is 2. The van der Waals surface area contributed by atoms with Crippen molar-refractivity contribution in [3.63, 3.8) is 0 Å². The molecule has 2 fully saturated rings. The molecule has 5 heteroatoms. The Labute approximate surface area is 129 Å². The molecular formula is C16H19N3OS. The van der Waals surface area contributed by atoms with E-state index < -0.39 is 0 Å². The van der Waals surface area contributed by atoms with Crippen molar-refractivity contribution in [1.82, 2.24) is 5.32 Å². The van der Waals surface area contributed by atoms with E-state index in [1.165, 1.54) is 0 Å². The highest BCUT2D eigenvalue weighted by Gasteiger charge is 2.34. The molecule has 21 heavy (non-hydrogen) atoms. The lowest BCUT2D eigenvalue weighted by Crippen LogP contribution is -2.54. The van der Waals surface area contributed by atoms with E-state index in [0.29, 0.717) is 18.4 Å². The largest absolute Gasteiger partial charge is 0.370 e. The van der Waals surface area contributed by atoms with E-state index in [1.54, 1.807) is 11.8 Å². The molecular weight excluding hydrogens is 282 g/mol. The van der Waals surface area contributed by atoms with Crippen LogP contribution in [0.15, 0.2) is 23.1 Å². The van der Waals surface area contributed by atoms with E-state index >= 15 is 0 Å². The summed E-state index contributed by atoms with van der Waals surface area (Å²) in [5, 5.41) is 12.6. The molecule has 2 unspecified atom stereocenters. The first-order valence-electron chi connectivity index (χ1n) is 7.34. The van der Waals surface area contributed by atoms with Gasteiger partial charge in [0, 0.05) is 30.4 Å². The molecule has 4 nitrogen and oxygen atoms in total. The van der Waals surface area contributed by atoms with Crippen molar-refractivity contribution in [3.05, 3.63) is 23.8 Å². The molecule has 1 N–H and O–H groups in total. The highest BCUT2D eigenvalue weighted by atomic mass is 32.2. The van der Waals surface area contributed by atoms with E-state index in [2.05, 4.69) is 16.3 Å². The topological polar surface area (TPSA) is 56.1 Å². The highest BCUT2D eigenvalue weighted by Crippen LogP contribution is 2.33. The van der Waals surface area contributed by atoms with Gasteiger partial charge >= 0.3 is 0 Å². The van der Waals surface area contributed by atoms with Crippen molar-refractivity contribution in [2.75, 3.05) is 24.2 Å². The minimum atomic E-state index is 0.187. The normalized spacial score (nSPS) is 25.0. The monoisotopic (exact) mass is 301 g/mol. The van der Waals surface area contributed by atoms with Crippen molar-refractivity contribution in [1.29, 1.82) is 5.26 Å². The minimum Gasteiger partial charge on any atom is -0.370 e. The highest BCUT2D eigenvalue weighted by molar-refractivity contribution is 7.98. The zero-order chi connectivity index (χ0) is 14.8. The predicted octanol–water partition coefficient (Wildman–Crippen LogP) is 2.39. The summed E-state index contributed by atoms with van der Waals surface area (Å²) < 4.78 is 0. The molecule has 3 rings (SSSR count). The van der Waals surface area contributed by atoms with Crippen LogP contribution in [0.1, 0.15) is 24.8 Å². The van der Waals surface area contributed by atoms with E-state index in [4.69, 9.17) is 0 Å². The van der Waals surface area contributed by atoms with Gasteiger partial charge in [-0.3, -0.25) is 4.79 Å². The van der Waals surface area contributed by atoms with Crippen molar-refractivity contribution >= 4 is 23.4 Å². The Kier molecular flexibility index (Phi) is 4.07. The zero-order valence-corrected chi connectivity index (χ0v) is 12.9. The Bertz CT molecular complexity index is 596. The summed E-state index contributed by atoms with van der Waals surface area (Å²) in [5.74, 6) is 0.688. The molecule has 110 valence electrons. The summed E-state index contributed by atoms with van der Waals surface area (Å²) in [5.41, 5.74) is 1.82. The van der Waals surface area contributed by atoms with Gasteiger partial charge in [-0.05, 0) is 37.1 Å². The van der Waals surface area contributed by atoms with E-state index in [0.717, 1.165) is 42.1 Å². The number of nitriles is 1. The summed E-state index contributed by atoms with van der Waals surface area (Å²) >= 11 is 1.62. The average Bonchev–Trinajstić information content (AvgIpc) is 2.53. The van der Waals surface area contributed by atoms with Crippen LogP contribution in [-0.2, 0) is 4.79 Å². The molecule has 2 atom stereocenters. The number of anilines is 1. The third kappa shape index (κ3) is 2.73. The second-order valence-corrected chi connectivity index (χ2v) is 6.52. The van der Waals surface area contributed by atoms with Crippen molar-refractivity contribution in [2.24, 2.45) is 5.92 Å². The van der Waals surface area contributed by atoms with Gasteiger partial charge in [0.25, 0.3) is 0 Å². The zero-order valence-electron chi connectivity index (χ0n) is 12.1. The van der Waals surface area contributed by atoms with Gasteiger partial charge in [-0.25, -0.2) is 0 Å². The molecule has 2 aliphatic heterocycles. The van der Waals surface area contributed by atoms with Crippen LogP contribution in [0.25, 0.3) is 0 Å². The number of thioether (sulfide) groups is 1. The molecule has 1 aromatic carbocycles. The standard InChI is InChI=1S/C16H19N3OS/c1-21-15-4-2-3-14(12(15)9-17)19-8-7-13-11(10-19)5-6-16(20)18-13/h2-4,11,13H,5-8,10H2,1H3,(H,18,20). The van der Waals surface area contributed by atoms with Crippen LogP contribution in [0.2, 0.25) is 0 Å². The molecule has 0 aromatic heterocycles. The lowest BCUT2D eigenvalue weighted by Gasteiger charge is -2.42. The molecule has 2 saturated heterocycles. The second kappa shape index (κ2) is 5.98. The second-order valence-electron chi connectivity index (χ2n) is 5.67. The number of fused-ring (bicyclic) bond motifs is 1. The number of carbonyl (C=O) groups is 1. The molecule has 1 aromatic rings. The van der Waals surface area contributed by atoms with Crippen molar-refractivity contribution < 1.29 is 4.79 Å². The van der Waals surface area contributed by atoms with Crippen LogP contribution in [0.3, 0.4) is 0 Å². The number of rotatable bonds is 2. The third-order valence-corrected chi connectivity index (χ3v) is 5.28. The maximum atomic E-state index is 11.5. The van der Waals surface area contributed by atoms with E-state index in [1.807, 2.05) is 24.5 Å². The molecule has 0 radical (unpaired) electrons. The summed E-state index contributed by atoms with van der Waals surface area (Å²) in [6, 6.07) is 8.74. The maximum absolute atomic E-state index is 11.5. The van der Waals surface area contributed by atoms with Gasteiger partial charge in [0.15, 0.2) is 0 Å². The van der Waals surface area contributed by atoms with Crippen LogP contribution < -0.4 is 10.2 Å². The maximum Gasteiger partial charge on any atom is 0.220 e. The quantitative estimate of drug-likeness (QED) is 0.852. The first-order chi connectivity index (χ1) is 10.2. The summed E-state index contributed by atoms with van der Waals surface area (Å²) in [6.07, 6.45) is 4.55. The summed E-state index contributed by atoms with van der Waals surface area (Å²) in [7, 11) is 0. The number of hydrogen-bond acceptors (Lipinski definition) is 4. The Morgan fingerprint density at radius 1 is 1.43 bits per heavy atom. The Hall–Kier alpha value is -1.67. The van der Waals surface area contributed by atoms with Gasteiger partial charge in [-0.15, -0.1) is 11.8 Å². The molecule has 0 saturated carbocycles. The van der Waals surface area contributed by atoms with Gasteiger partial charge < -0.3 is 10.2 Å². The first-order valence-corrected chi connectivity index (χ1v) is 8.57. The predicted molar refractivity (Wildman–Crippen MR) is 84.4 cm³/mol. The SMILES string of the molecule is CSc1cccc(N2CCC3NC(=O)CCC3C2)c1C#N. The van der Waals surface area contributed by atoms with Crippen LogP contribution >= 0.6 is 11.8 Å². The Morgan fingerprint density at radius 2 is 2.29 bits per heavy atom. The van der Waals surface area contributed by atoms with Crippen molar-refractivity contribution in [3.8, 4) is 6.07 Å². The fourth-order valence-electron chi connectivity index (χ4n) is 3.39. The van der Waals surface area contributed by atoms with Crippen LogP contribution in [-0.4, -0.2) is 31.3 Å². The lowest BCUT2D eigenvalue weighted by molar-refractivity contribution is -0.124. The number of amides is 1. The minimum absolute atomic E-state index is 0.187. The Balaban J connectivity index is 1.83. The molecule has 2 aliphatic rings. The van der Waals surface area contributed by atoms with Gasteiger partial charge in [-0.1, -0.05) is 6.07 Å². The van der Waals surface area contributed by atoms with Crippen molar-refractivity contribution in [2.45, 2.75) is 30.2 Å². The number of benzene rings is 1. The van der Waals surface area contributed by atoms with Gasteiger partial charge in [0.1, 0.15) is 6.07 Å². The van der Waals surface area contributed by atoms with Crippen LogP contribution in [0, 0.1) is 17.2 Å². The molecule has 2 heterocycles.